The van der Waals surface area contributed by atoms with Crippen LogP contribution in [0.3, 0.4) is 0 Å². The summed E-state index contributed by atoms with van der Waals surface area (Å²) >= 11 is 0. The lowest BCUT2D eigenvalue weighted by molar-refractivity contribution is -0.120. The van der Waals surface area contributed by atoms with E-state index in [1.807, 2.05) is 11.0 Å². The number of sulfonamides is 1. The number of carbonyl (C=O) groups is 1. The Morgan fingerprint density at radius 2 is 1.96 bits per heavy atom. The van der Waals surface area contributed by atoms with Crippen molar-refractivity contribution in [2.45, 2.75) is 31.3 Å². The highest BCUT2D eigenvalue weighted by Crippen LogP contribution is 2.18. The Kier molecular flexibility index (Phi) is 6.17. The van der Waals surface area contributed by atoms with Crippen molar-refractivity contribution in [1.29, 1.82) is 0 Å². The molecule has 1 atom stereocenters. The minimum atomic E-state index is -3.56. The molecule has 9 heteroatoms. The van der Waals surface area contributed by atoms with Gasteiger partial charge in [0.1, 0.15) is 5.76 Å². The van der Waals surface area contributed by atoms with Gasteiger partial charge >= 0.3 is 0 Å². The van der Waals surface area contributed by atoms with E-state index in [0.29, 0.717) is 18.0 Å². The smallest absolute Gasteiger partial charge is 0.242 e. The van der Waals surface area contributed by atoms with Crippen LogP contribution in [0.5, 0.6) is 0 Å². The summed E-state index contributed by atoms with van der Waals surface area (Å²) in [6.07, 6.45) is 0. The van der Waals surface area contributed by atoms with Crippen molar-refractivity contribution >= 4 is 21.6 Å². The Balaban J connectivity index is 2.07. The number of likely N-dealkylation sites (N-methyl/N-ethyl adjacent to an activating group) is 1. The third-order valence-electron chi connectivity index (χ3n) is 4.01. The Morgan fingerprint density at radius 1 is 1.27 bits per heavy atom. The number of hydrogen-bond donors (Lipinski definition) is 1. The Hall–Kier alpha value is -2.23. The zero-order valence-electron chi connectivity index (χ0n) is 15.6. The fourth-order valence-corrected chi connectivity index (χ4v) is 3.22. The van der Waals surface area contributed by atoms with Crippen LogP contribution in [0.15, 0.2) is 39.8 Å². The lowest BCUT2D eigenvalue weighted by Crippen LogP contribution is -2.39. The summed E-state index contributed by atoms with van der Waals surface area (Å²) in [4.78, 5) is 14.4. The van der Waals surface area contributed by atoms with Gasteiger partial charge in [0.15, 0.2) is 0 Å². The molecule has 1 heterocycles. The minimum Gasteiger partial charge on any atom is -0.361 e. The lowest BCUT2D eigenvalue weighted by atomic mass is 10.2. The number of aromatic nitrogens is 1. The predicted octanol–water partition coefficient (Wildman–Crippen LogP) is 1.69. The molecular formula is C17H24N4O4S. The van der Waals surface area contributed by atoms with E-state index in [1.165, 1.54) is 26.2 Å². The van der Waals surface area contributed by atoms with Crippen molar-refractivity contribution in [2.24, 2.45) is 0 Å². The van der Waals surface area contributed by atoms with Crippen LogP contribution < -0.4 is 5.32 Å². The highest BCUT2D eigenvalue weighted by atomic mass is 32.2. The number of hydrogen-bond acceptors (Lipinski definition) is 6. The van der Waals surface area contributed by atoms with Gasteiger partial charge in [0.05, 0.1) is 16.6 Å². The van der Waals surface area contributed by atoms with Gasteiger partial charge in [-0.1, -0.05) is 11.2 Å². The van der Waals surface area contributed by atoms with E-state index in [1.54, 1.807) is 33.0 Å². The standard InChI is InChI=1S/C17H24N4O4S/c1-12-9-15(19-25-12)11-21(5)13(2)17(22)18-14-7-6-8-16(10-14)26(23,24)20(3)4/h6-10,13H,11H2,1-5H3,(H,18,22). The summed E-state index contributed by atoms with van der Waals surface area (Å²) in [5.41, 5.74) is 1.17. The Morgan fingerprint density at radius 3 is 2.54 bits per heavy atom. The molecule has 1 amide bonds. The molecule has 0 spiro atoms. The second kappa shape index (κ2) is 7.98. The van der Waals surface area contributed by atoms with E-state index in [2.05, 4.69) is 10.5 Å². The van der Waals surface area contributed by atoms with Gasteiger partial charge in [0.25, 0.3) is 0 Å². The molecule has 0 saturated carbocycles. The molecule has 0 fully saturated rings. The molecule has 1 aromatic carbocycles. The van der Waals surface area contributed by atoms with Crippen LogP contribution >= 0.6 is 0 Å². The van der Waals surface area contributed by atoms with Crippen molar-refractivity contribution in [1.82, 2.24) is 14.4 Å². The highest BCUT2D eigenvalue weighted by molar-refractivity contribution is 7.89. The number of amides is 1. The highest BCUT2D eigenvalue weighted by Gasteiger charge is 2.21. The first-order chi connectivity index (χ1) is 12.1. The summed E-state index contributed by atoms with van der Waals surface area (Å²) in [6, 6.07) is 7.56. The molecule has 0 bridgehead atoms. The van der Waals surface area contributed by atoms with Crippen LogP contribution in [0.25, 0.3) is 0 Å². The van der Waals surface area contributed by atoms with Crippen molar-refractivity contribution in [3.8, 4) is 0 Å². The summed E-state index contributed by atoms with van der Waals surface area (Å²) in [6.45, 7) is 4.03. The molecule has 1 unspecified atom stereocenters. The first-order valence-corrected chi connectivity index (χ1v) is 9.51. The van der Waals surface area contributed by atoms with Gasteiger partial charge in [-0.15, -0.1) is 0 Å². The zero-order valence-corrected chi connectivity index (χ0v) is 16.4. The monoisotopic (exact) mass is 380 g/mol. The number of nitrogens with zero attached hydrogens (tertiary/aromatic N) is 3. The maximum atomic E-state index is 12.5. The first-order valence-electron chi connectivity index (χ1n) is 8.07. The number of nitrogens with one attached hydrogen (secondary N) is 1. The van der Waals surface area contributed by atoms with E-state index in [9.17, 15) is 13.2 Å². The largest absolute Gasteiger partial charge is 0.361 e. The van der Waals surface area contributed by atoms with Crippen LogP contribution in [-0.4, -0.2) is 55.9 Å². The lowest BCUT2D eigenvalue weighted by Gasteiger charge is -2.23. The van der Waals surface area contributed by atoms with E-state index in [0.717, 1.165) is 10.00 Å². The number of rotatable bonds is 7. The van der Waals surface area contributed by atoms with Crippen molar-refractivity contribution in [2.75, 3.05) is 26.5 Å². The third kappa shape index (κ3) is 4.69. The van der Waals surface area contributed by atoms with Gasteiger partial charge in [-0.2, -0.15) is 0 Å². The molecular weight excluding hydrogens is 356 g/mol. The number of anilines is 1. The quantitative estimate of drug-likeness (QED) is 0.785. The molecule has 2 rings (SSSR count). The van der Waals surface area contributed by atoms with Crippen LogP contribution in [0.1, 0.15) is 18.4 Å². The van der Waals surface area contributed by atoms with Gasteiger partial charge in [-0.3, -0.25) is 9.69 Å². The van der Waals surface area contributed by atoms with Crippen LogP contribution in [0.2, 0.25) is 0 Å². The average molecular weight is 380 g/mol. The molecule has 142 valence electrons. The SMILES string of the molecule is Cc1cc(CN(C)C(C)C(=O)Nc2cccc(S(=O)(=O)N(C)C)c2)no1. The molecule has 1 aromatic heterocycles. The van der Waals surface area contributed by atoms with Crippen LogP contribution in [0.4, 0.5) is 5.69 Å². The molecule has 8 nitrogen and oxygen atoms in total. The van der Waals surface area contributed by atoms with E-state index >= 15 is 0 Å². The summed E-state index contributed by atoms with van der Waals surface area (Å²) in [5.74, 6) is 0.469. The maximum absolute atomic E-state index is 12.5. The fraction of sp³-hybridized carbons (Fsp3) is 0.412. The molecule has 0 aliphatic carbocycles. The van der Waals surface area contributed by atoms with Crippen molar-refractivity contribution in [3.05, 3.63) is 41.8 Å². The number of carbonyl (C=O) groups excluding carboxylic acids is 1. The maximum Gasteiger partial charge on any atom is 0.242 e. The van der Waals surface area contributed by atoms with Gasteiger partial charge in [0, 0.05) is 32.4 Å². The minimum absolute atomic E-state index is 0.124. The second-order valence-corrected chi connectivity index (χ2v) is 8.48. The molecule has 0 saturated heterocycles. The van der Waals surface area contributed by atoms with Crippen molar-refractivity contribution < 1.29 is 17.7 Å². The van der Waals surface area contributed by atoms with Gasteiger partial charge in [0.2, 0.25) is 15.9 Å². The number of benzene rings is 1. The fourth-order valence-electron chi connectivity index (χ4n) is 2.28. The van der Waals surface area contributed by atoms with Gasteiger partial charge in [-0.05, 0) is 39.1 Å². The molecule has 26 heavy (non-hydrogen) atoms. The normalized spacial score (nSPS) is 13.2. The molecule has 0 aliphatic heterocycles. The summed E-state index contributed by atoms with van der Waals surface area (Å²) < 4.78 is 30.6. The van der Waals surface area contributed by atoms with Gasteiger partial charge < -0.3 is 9.84 Å². The molecule has 2 aromatic rings. The average Bonchev–Trinajstić information content (AvgIpc) is 2.98. The van der Waals surface area contributed by atoms with Crippen molar-refractivity contribution in [3.63, 3.8) is 0 Å². The molecule has 1 N–H and O–H groups in total. The Bertz CT molecular complexity index is 876. The Labute approximate surface area is 153 Å². The predicted molar refractivity (Wildman–Crippen MR) is 98.1 cm³/mol. The second-order valence-electron chi connectivity index (χ2n) is 6.32. The number of aryl methyl sites for hydroxylation is 1. The molecule has 0 radical (unpaired) electrons. The first kappa shape index (κ1) is 20.1. The molecule has 0 aliphatic rings. The summed E-state index contributed by atoms with van der Waals surface area (Å²) in [5, 5.41) is 6.67. The zero-order chi connectivity index (χ0) is 19.5. The summed E-state index contributed by atoms with van der Waals surface area (Å²) in [7, 11) is 1.17. The van der Waals surface area contributed by atoms with Crippen LogP contribution in [-0.2, 0) is 21.4 Å². The van der Waals surface area contributed by atoms with E-state index < -0.39 is 16.1 Å². The van der Waals surface area contributed by atoms with E-state index in [4.69, 9.17) is 4.52 Å². The van der Waals surface area contributed by atoms with E-state index in [-0.39, 0.29) is 10.8 Å². The topological polar surface area (TPSA) is 95.8 Å². The van der Waals surface area contributed by atoms with Gasteiger partial charge in [-0.25, -0.2) is 12.7 Å². The van der Waals surface area contributed by atoms with Crippen LogP contribution in [0, 0.1) is 6.92 Å². The third-order valence-corrected chi connectivity index (χ3v) is 5.82.